The molecule has 54 heavy (non-hydrogen) atoms. The zero-order valence-corrected chi connectivity index (χ0v) is 32.2. The highest BCUT2D eigenvalue weighted by atomic mass is 15.1. The Morgan fingerprint density at radius 3 is 1.54 bits per heavy atom. The highest BCUT2D eigenvalue weighted by Gasteiger charge is 2.46. The zero-order chi connectivity index (χ0) is 38.1. The maximum atomic E-state index is 4.20. The van der Waals surface area contributed by atoms with Gasteiger partial charge in [-0.05, 0) is 86.4 Å². The molecule has 268 valence electrons. The van der Waals surface area contributed by atoms with Gasteiger partial charge in [-0.15, -0.1) is 0 Å². The quantitative estimate of drug-likeness (QED) is 0.173. The fourth-order valence-corrected chi connectivity index (χ4v) is 7.88. The van der Waals surface area contributed by atoms with E-state index in [1.807, 2.05) is 30.4 Å². The summed E-state index contributed by atoms with van der Waals surface area (Å²) in [6, 6.07) is 57.5. The second-order valence-electron chi connectivity index (χ2n) is 13.5. The van der Waals surface area contributed by atoms with E-state index in [1.165, 1.54) is 61.0 Å². The van der Waals surface area contributed by atoms with Crippen molar-refractivity contribution < 1.29 is 0 Å². The molecule has 0 aliphatic carbocycles. The van der Waals surface area contributed by atoms with Crippen LogP contribution in [0.25, 0.3) is 27.5 Å². The Kier molecular flexibility index (Phi) is 11.7. The predicted octanol–water partition coefficient (Wildman–Crippen LogP) is 13.5. The Bertz CT molecular complexity index is 2410. The molecular weight excluding hydrogens is 653 g/mol. The van der Waals surface area contributed by atoms with Crippen LogP contribution in [0.4, 0.5) is 0 Å². The third-order valence-electron chi connectivity index (χ3n) is 10.2. The Morgan fingerprint density at radius 2 is 1.04 bits per heavy atom. The van der Waals surface area contributed by atoms with E-state index < -0.39 is 5.41 Å². The molecule has 2 heterocycles. The minimum absolute atomic E-state index is 0.434. The molecule has 7 aromatic rings. The lowest BCUT2D eigenvalue weighted by molar-refractivity contribution is 0.478. The van der Waals surface area contributed by atoms with Crippen LogP contribution in [0.3, 0.4) is 0 Å². The van der Waals surface area contributed by atoms with Crippen LogP contribution in [-0.4, -0.2) is 16.5 Å². The van der Waals surface area contributed by atoms with Crippen molar-refractivity contribution in [3.8, 4) is 5.69 Å². The number of para-hydroxylation sites is 2. The zero-order valence-electron chi connectivity index (χ0n) is 32.2. The first kappa shape index (κ1) is 37.4. The molecule has 0 unspecified atom stereocenters. The van der Waals surface area contributed by atoms with Crippen molar-refractivity contribution in [3.05, 3.63) is 246 Å². The molecule has 0 bridgehead atoms. The summed E-state index contributed by atoms with van der Waals surface area (Å²) in [7, 11) is 2.10. The topological polar surface area (TPSA) is 8.17 Å². The first-order valence-corrected chi connectivity index (χ1v) is 18.6. The lowest BCUT2D eigenvalue weighted by atomic mass is 9.61. The molecule has 0 atom stereocenters. The lowest BCUT2D eigenvalue weighted by Crippen LogP contribution is -2.42. The van der Waals surface area contributed by atoms with Crippen LogP contribution in [0.5, 0.6) is 0 Å². The van der Waals surface area contributed by atoms with Crippen molar-refractivity contribution in [2.75, 3.05) is 7.05 Å². The Balaban J connectivity index is 0.000000160. The number of rotatable bonds is 5. The molecule has 0 radical (unpaired) electrons. The van der Waals surface area contributed by atoms with Gasteiger partial charge in [0, 0.05) is 34.9 Å². The van der Waals surface area contributed by atoms with Gasteiger partial charge >= 0.3 is 0 Å². The third-order valence-corrected chi connectivity index (χ3v) is 10.2. The van der Waals surface area contributed by atoms with Gasteiger partial charge in [-0.3, -0.25) is 0 Å². The summed E-state index contributed by atoms with van der Waals surface area (Å²) in [6.45, 7) is 16.8. The average Bonchev–Trinajstić information content (AvgIpc) is 3.55. The van der Waals surface area contributed by atoms with Crippen LogP contribution in [0.1, 0.15) is 36.1 Å². The molecule has 0 amide bonds. The molecule has 0 saturated carbocycles. The van der Waals surface area contributed by atoms with Crippen molar-refractivity contribution in [2.24, 2.45) is 0 Å². The summed E-state index contributed by atoms with van der Waals surface area (Å²) < 4.78 is 2.34. The molecule has 2 nitrogen and oxygen atoms in total. The minimum Gasteiger partial charge on any atom is -0.344 e. The van der Waals surface area contributed by atoms with Crippen LogP contribution < -0.4 is 0 Å². The Labute approximate surface area is 322 Å². The lowest BCUT2D eigenvalue weighted by Gasteiger charge is -2.47. The Hall–Kier alpha value is -6.38. The van der Waals surface area contributed by atoms with Gasteiger partial charge in [0.25, 0.3) is 0 Å². The number of benzene rings is 6. The average molecular weight is 703 g/mol. The molecule has 0 saturated heterocycles. The van der Waals surface area contributed by atoms with Crippen LogP contribution in [-0.2, 0) is 5.41 Å². The SMILES string of the molecule is C=CC1=C(C=C)C(c2ccccc2)(c2ccccc2)C(=C/C)/C(=C\C)N1C.Cc1ccc2c(c1)c1ccccc1n2-c1ccccc1.Cc1ccccc1. The van der Waals surface area contributed by atoms with E-state index >= 15 is 0 Å². The molecule has 0 N–H and O–H groups in total. The van der Waals surface area contributed by atoms with E-state index in [1.54, 1.807) is 0 Å². The molecule has 2 heteroatoms. The van der Waals surface area contributed by atoms with Gasteiger partial charge in [0.05, 0.1) is 16.4 Å². The van der Waals surface area contributed by atoms with Crippen molar-refractivity contribution in [3.63, 3.8) is 0 Å². The monoisotopic (exact) mass is 702 g/mol. The van der Waals surface area contributed by atoms with Crippen LogP contribution in [0, 0.1) is 13.8 Å². The normalized spacial score (nSPS) is 15.0. The number of likely N-dealkylation sites (N-methyl/N-ethyl adjacent to an activating group) is 1. The molecule has 1 aliphatic rings. The van der Waals surface area contributed by atoms with E-state index in [9.17, 15) is 0 Å². The molecule has 1 aliphatic heterocycles. The molecule has 1 aromatic heterocycles. The number of aromatic nitrogens is 1. The van der Waals surface area contributed by atoms with Gasteiger partial charge in [-0.25, -0.2) is 0 Å². The van der Waals surface area contributed by atoms with Gasteiger partial charge in [0.2, 0.25) is 0 Å². The van der Waals surface area contributed by atoms with Gasteiger partial charge in [-0.1, -0.05) is 176 Å². The number of nitrogens with zero attached hydrogens (tertiary/aromatic N) is 2. The first-order chi connectivity index (χ1) is 26.4. The molecule has 0 fully saturated rings. The third kappa shape index (κ3) is 7.04. The van der Waals surface area contributed by atoms with Gasteiger partial charge in [0.15, 0.2) is 0 Å². The van der Waals surface area contributed by atoms with E-state index in [2.05, 4.69) is 215 Å². The predicted molar refractivity (Wildman–Crippen MR) is 233 cm³/mol. The Morgan fingerprint density at radius 1 is 0.519 bits per heavy atom. The van der Waals surface area contributed by atoms with Crippen LogP contribution in [0.15, 0.2) is 224 Å². The molecule has 6 aromatic carbocycles. The summed E-state index contributed by atoms with van der Waals surface area (Å²) in [5.41, 5.74) is 13.1. The summed E-state index contributed by atoms with van der Waals surface area (Å²) in [5.74, 6) is 0. The number of hydrogen-bond donors (Lipinski definition) is 0. The standard InChI is InChI=1S/C26H27N.C19H15N.C7H8/c1-6-22-24(8-3)27(5)25(9-4)23(7-2)26(22,20-16-12-10-13-17-20)21-18-14-11-15-19-21;1-14-11-12-19-17(13-14)16-9-5-6-10-18(16)20(19)15-7-3-2-4-8-15;1-7-5-3-2-4-6-7/h6-19H,1,3H2,2,4-5H3;2-13H,1H3;2-6H,1H3/b23-7+,25-9+;;. The van der Waals surface area contributed by atoms with Gasteiger partial charge in [-0.2, -0.15) is 0 Å². The summed E-state index contributed by atoms with van der Waals surface area (Å²) in [6.07, 6.45) is 8.34. The van der Waals surface area contributed by atoms with Gasteiger partial charge < -0.3 is 9.47 Å². The van der Waals surface area contributed by atoms with Crippen molar-refractivity contribution in [1.29, 1.82) is 0 Å². The number of fused-ring (bicyclic) bond motifs is 3. The summed E-state index contributed by atoms with van der Waals surface area (Å²) in [4.78, 5) is 2.21. The first-order valence-electron chi connectivity index (χ1n) is 18.6. The fraction of sp³-hybridized carbons (Fsp3) is 0.115. The van der Waals surface area contributed by atoms with Crippen LogP contribution in [0.2, 0.25) is 0 Å². The molecular formula is C52H50N2. The molecule has 0 spiro atoms. The second-order valence-corrected chi connectivity index (χ2v) is 13.5. The maximum absolute atomic E-state index is 4.20. The second kappa shape index (κ2) is 17.0. The number of aryl methyl sites for hydroxylation is 2. The highest BCUT2D eigenvalue weighted by Crippen LogP contribution is 2.53. The van der Waals surface area contributed by atoms with E-state index in [0.717, 1.165) is 11.3 Å². The van der Waals surface area contributed by atoms with E-state index in [0.29, 0.717) is 0 Å². The smallest absolute Gasteiger partial charge is 0.0738 e. The highest BCUT2D eigenvalue weighted by molar-refractivity contribution is 6.09. The maximum Gasteiger partial charge on any atom is 0.0738 e. The number of allylic oxidation sites excluding steroid dienone is 6. The van der Waals surface area contributed by atoms with Crippen molar-refractivity contribution in [2.45, 2.75) is 33.1 Å². The fourth-order valence-electron chi connectivity index (χ4n) is 7.88. The summed E-state index contributed by atoms with van der Waals surface area (Å²) in [5, 5.41) is 2.64. The minimum atomic E-state index is -0.434. The van der Waals surface area contributed by atoms with Gasteiger partial charge in [0.1, 0.15) is 0 Å². The number of hydrogen-bond acceptors (Lipinski definition) is 1. The van der Waals surface area contributed by atoms with Crippen molar-refractivity contribution in [1.82, 2.24) is 9.47 Å². The molecule has 8 rings (SSSR count). The summed E-state index contributed by atoms with van der Waals surface area (Å²) >= 11 is 0. The van der Waals surface area contributed by atoms with Crippen molar-refractivity contribution >= 4 is 21.8 Å². The van der Waals surface area contributed by atoms with E-state index in [-0.39, 0.29) is 0 Å². The van der Waals surface area contributed by atoms with Crippen LogP contribution >= 0.6 is 0 Å². The largest absolute Gasteiger partial charge is 0.344 e. The van der Waals surface area contributed by atoms with E-state index in [4.69, 9.17) is 0 Å².